The van der Waals surface area contributed by atoms with E-state index in [1.807, 2.05) is 14.1 Å². The predicted octanol–water partition coefficient (Wildman–Crippen LogP) is -5.48. The summed E-state index contributed by atoms with van der Waals surface area (Å²) < 4.78 is 0.385. The van der Waals surface area contributed by atoms with E-state index >= 15 is 0 Å². The van der Waals surface area contributed by atoms with E-state index in [-0.39, 0.29) is 24.0 Å². The van der Waals surface area contributed by atoms with Crippen molar-refractivity contribution in [1.29, 1.82) is 0 Å². The second kappa shape index (κ2) is 5.04. The lowest BCUT2D eigenvalue weighted by molar-refractivity contribution is -0.895. The minimum atomic E-state index is -1.25. The number of aliphatic hydroxyl groups is 4. The molecule has 0 spiro atoms. The van der Waals surface area contributed by atoms with E-state index in [0.29, 0.717) is 17.6 Å². The fraction of sp³-hybridized carbons (Fsp3) is 1.00. The molecule has 0 unspecified atom stereocenters. The quantitative estimate of drug-likeness (QED) is 0.265. The molecule has 0 aromatic rings. The van der Waals surface area contributed by atoms with E-state index in [1.165, 1.54) is 0 Å². The summed E-state index contributed by atoms with van der Waals surface area (Å²) in [5, 5.41) is 37.6. The van der Waals surface area contributed by atoms with Crippen LogP contribution in [0.5, 0.6) is 0 Å². The molecule has 0 aromatic heterocycles. The number of halogens is 1. The summed E-state index contributed by atoms with van der Waals surface area (Å²) >= 11 is 0. The zero-order valence-electron chi connectivity index (χ0n) is 8.34. The van der Waals surface area contributed by atoms with Crippen LogP contribution >= 0.6 is 0 Å². The highest BCUT2D eigenvalue weighted by Crippen LogP contribution is 2.16. The lowest BCUT2D eigenvalue weighted by Crippen LogP contribution is -3.00. The molecule has 1 rings (SSSR count). The van der Waals surface area contributed by atoms with Crippen LogP contribution < -0.4 is 24.0 Å². The van der Waals surface area contributed by atoms with Gasteiger partial charge in [0.1, 0.15) is 37.5 Å². The molecule has 0 saturated carbocycles. The molecule has 0 amide bonds. The summed E-state index contributed by atoms with van der Waals surface area (Å²) in [5.74, 6) is 0. The van der Waals surface area contributed by atoms with E-state index in [9.17, 15) is 20.4 Å². The Hall–Kier alpha value is 0.530. The summed E-state index contributed by atoms with van der Waals surface area (Å²) in [7, 11) is 3.66. The number of likely N-dealkylation sites (tertiary alicyclic amines) is 1. The summed E-state index contributed by atoms with van der Waals surface area (Å²) in [6.45, 7) is 0.657. The van der Waals surface area contributed by atoms with E-state index in [0.717, 1.165) is 0 Å². The first-order chi connectivity index (χ1) is 5.83. The van der Waals surface area contributed by atoms with Crippen LogP contribution in [-0.4, -0.2) is 76.5 Å². The maximum Gasteiger partial charge on any atom is 0.131 e. The number of rotatable bonds is 0. The Kier molecular flexibility index (Phi) is 5.23. The molecule has 86 valence electrons. The molecule has 6 heteroatoms. The molecule has 0 bridgehead atoms. The Labute approximate surface area is 101 Å². The normalized spacial score (nSPS) is 42.4. The Morgan fingerprint density at radius 1 is 0.857 bits per heavy atom. The molecule has 1 heterocycles. The molecule has 1 fully saturated rings. The van der Waals surface area contributed by atoms with Crippen LogP contribution in [0.2, 0.25) is 0 Å². The fourth-order valence-corrected chi connectivity index (χ4v) is 1.76. The average Bonchev–Trinajstić information content (AvgIpc) is 2.03. The molecular formula is C8H18INO4. The van der Waals surface area contributed by atoms with E-state index in [1.54, 1.807) is 0 Å². The molecule has 1 aliphatic rings. The van der Waals surface area contributed by atoms with Crippen LogP contribution in [0.4, 0.5) is 0 Å². The van der Waals surface area contributed by atoms with Crippen molar-refractivity contribution in [2.45, 2.75) is 24.4 Å². The van der Waals surface area contributed by atoms with Gasteiger partial charge in [-0.1, -0.05) is 0 Å². The first kappa shape index (κ1) is 14.5. The molecule has 14 heavy (non-hydrogen) atoms. The fourth-order valence-electron chi connectivity index (χ4n) is 1.76. The topological polar surface area (TPSA) is 80.9 Å². The van der Waals surface area contributed by atoms with Crippen LogP contribution in [0.3, 0.4) is 0 Å². The molecule has 0 aliphatic carbocycles. The average molecular weight is 319 g/mol. The molecule has 0 radical (unpaired) electrons. The van der Waals surface area contributed by atoms with Gasteiger partial charge < -0.3 is 48.9 Å². The number of hydrogen-bond acceptors (Lipinski definition) is 4. The monoisotopic (exact) mass is 319 g/mol. The number of quaternary nitrogens is 1. The first-order valence-electron chi connectivity index (χ1n) is 4.38. The highest BCUT2D eigenvalue weighted by molar-refractivity contribution is 4.83. The van der Waals surface area contributed by atoms with Gasteiger partial charge in [0.05, 0.1) is 14.1 Å². The zero-order valence-corrected chi connectivity index (χ0v) is 10.5. The van der Waals surface area contributed by atoms with Crippen LogP contribution in [0.15, 0.2) is 0 Å². The SMILES string of the molecule is C[N+]1(C)C[C@@H](O)[C@@H](O)[C@H](O)[C@H](O)C1.[I-]. The Bertz CT molecular complexity index is 172. The molecule has 5 nitrogen and oxygen atoms in total. The van der Waals surface area contributed by atoms with E-state index < -0.39 is 24.4 Å². The van der Waals surface area contributed by atoms with Crippen LogP contribution in [-0.2, 0) is 0 Å². The number of aliphatic hydroxyl groups excluding tert-OH is 4. The van der Waals surface area contributed by atoms with Gasteiger partial charge in [-0.15, -0.1) is 0 Å². The van der Waals surface area contributed by atoms with E-state index in [4.69, 9.17) is 0 Å². The van der Waals surface area contributed by atoms with Gasteiger partial charge in [-0.3, -0.25) is 0 Å². The number of nitrogens with zero attached hydrogens (tertiary/aromatic N) is 1. The highest BCUT2D eigenvalue weighted by atomic mass is 127. The van der Waals surface area contributed by atoms with Gasteiger partial charge in [-0.25, -0.2) is 0 Å². The van der Waals surface area contributed by atoms with Gasteiger partial charge in [0, 0.05) is 0 Å². The zero-order chi connectivity index (χ0) is 10.2. The van der Waals surface area contributed by atoms with Crippen LogP contribution in [0, 0.1) is 0 Å². The predicted molar refractivity (Wildman–Crippen MR) is 45.9 cm³/mol. The van der Waals surface area contributed by atoms with Gasteiger partial charge in [0.15, 0.2) is 0 Å². The van der Waals surface area contributed by atoms with Crippen LogP contribution in [0.1, 0.15) is 0 Å². The van der Waals surface area contributed by atoms with Crippen molar-refractivity contribution in [1.82, 2.24) is 0 Å². The summed E-state index contributed by atoms with van der Waals surface area (Å²) in [4.78, 5) is 0. The lowest BCUT2D eigenvalue weighted by Gasteiger charge is -2.30. The Balaban J connectivity index is 0.00000169. The molecular weight excluding hydrogens is 301 g/mol. The second-order valence-electron chi connectivity index (χ2n) is 4.42. The van der Waals surface area contributed by atoms with Crippen molar-refractivity contribution < 1.29 is 48.9 Å². The Morgan fingerprint density at radius 2 is 1.14 bits per heavy atom. The third kappa shape index (κ3) is 3.28. The van der Waals surface area contributed by atoms with Crippen molar-refractivity contribution in [3.8, 4) is 0 Å². The largest absolute Gasteiger partial charge is 1.00 e. The highest BCUT2D eigenvalue weighted by Gasteiger charge is 2.40. The maximum absolute atomic E-state index is 9.44. The van der Waals surface area contributed by atoms with Gasteiger partial charge >= 0.3 is 0 Å². The van der Waals surface area contributed by atoms with Crippen molar-refractivity contribution in [2.75, 3.05) is 27.2 Å². The van der Waals surface area contributed by atoms with Gasteiger partial charge in [-0.2, -0.15) is 0 Å². The maximum atomic E-state index is 9.44. The summed E-state index contributed by atoms with van der Waals surface area (Å²) in [5.41, 5.74) is 0. The van der Waals surface area contributed by atoms with Gasteiger partial charge in [0.2, 0.25) is 0 Å². The van der Waals surface area contributed by atoms with Crippen molar-refractivity contribution in [2.24, 2.45) is 0 Å². The first-order valence-corrected chi connectivity index (χ1v) is 4.38. The molecule has 4 N–H and O–H groups in total. The van der Waals surface area contributed by atoms with Crippen LogP contribution in [0.25, 0.3) is 0 Å². The molecule has 1 saturated heterocycles. The summed E-state index contributed by atoms with van der Waals surface area (Å²) in [6.07, 6.45) is -4.48. The summed E-state index contributed by atoms with van der Waals surface area (Å²) in [6, 6.07) is 0. The number of hydrogen-bond donors (Lipinski definition) is 4. The smallest absolute Gasteiger partial charge is 0.131 e. The van der Waals surface area contributed by atoms with Gasteiger partial charge in [0.25, 0.3) is 0 Å². The lowest BCUT2D eigenvalue weighted by atomic mass is 10.1. The van der Waals surface area contributed by atoms with E-state index in [2.05, 4.69) is 0 Å². The minimum Gasteiger partial charge on any atom is -1.00 e. The number of likely N-dealkylation sites (N-methyl/N-ethyl adjacent to an activating group) is 1. The van der Waals surface area contributed by atoms with Gasteiger partial charge in [-0.05, 0) is 0 Å². The third-order valence-corrected chi connectivity index (χ3v) is 2.50. The van der Waals surface area contributed by atoms with Crippen molar-refractivity contribution >= 4 is 0 Å². The molecule has 0 aromatic carbocycles. The third-order valence-electron chi connectivity index (χ3n) is 2.50. The molecule has 4 atom stereocenters. The second-order valence-corrected chi connectivity index (χ2v) is 4.42. The van der Waals surface area contributed by atoms with Crippen molar-refractivity contribution in [3.63, 3.8) is 0 Å². The standard InChI is InChI=1S/C8H18NO4.HI/c1-9(2)3-5(10)7(12)8(13)6(11)4-9;/h5-8,10-13H,3-4H2,1-2H3;1H/q+1;/p-1/t5-,6-,7-,8-;/m1./s1. The minimum absolute atomic E-state index is 0. The van der Waals surface area contributed by atoms with Crippen molar-refractivity contribution in [3.05, 3.63) is 0 Å². The molecule has 1 aliphatic heterocycles. The Morgan fingerprint density at radius 3 is 1.43 bits per heavy atom.